The number of para-hydroxylation sites is 1. The molecule has 2 amide bonds. The Morgan fingerprint density at radius 1 is 1.30 bits per heavy atom. The molecule has 0 bridgehead atoms. The molecule has 2 heterocycles. The van der Waals surface area contributed by atoms with Crippen molar-refractivity contribution >= 4 is 11.8 Å². The van der Waals surface area contributed by atoms with Crippen LogP contribution in [0.1, 0.15) is 25.7 Å². The number of hydrogen-bond donors (Lipinski definition) is 3. The van der Waals surface area contributed by atoms with Gasteiger partial charge in [0.25, 0.3) is 0 Å². The number of rotatable bonds is 7. The summed E-state index contributed by atoms with van der Waals surface area (Å²) in [5.74, 6) is 0.120. The van der Waals surface area contributed by atoms with Crippen LogP contribution in [0.15, 0.2) is 24.3 Å². The first kappa shape index (κ1) is 18.2. The van der Waals surface area contributed by atoms with Gasteiger partial charge in [-0.3, -0.25) is 15.0 Å². The summed E-state index contributed by atoms with van der Waals surface area (Å²) in [6, 6.07) is 6.25. The van der Waals surface area contributed by atoms with Gasteiger partial charge >= 0.3 is 0 Å². The Balaban J connectivity index is 1.18. The minimum absolute atomic E-state index is 0.0845. The first-order valence-corrected chi connectivity index (χ1v) is 9.55. The van der Waals surface area contributed by atoms with Crippen molar-refractivity contribution in [1.82, 2.24) is 21.1 Å². The number of hydrogen-bond acceptors (Lipinski definition) is 5. The van der Waals surface area contributed by atoms with Crippen molar-refractivity contribution in [2.24, 2.45) is 5.92 Å². The third-order valence-electron chi connectivity index (χ3n) is 5.37. The van der Waals surface area contributed by atoms with E-state index in [1.807, 2.05) is 4.90 Å². The maximum atomic E-state index is 13.6. The van der Waals surface area contributed by atoms with Crippen LogP contribution < -0.4 is 20.9 Å². The van der Waals surface area contributed by atoms with Crippen LogP contribution in [0.2, 0.25) is 0 Å². The molecule has 1 aromatic rings. The molecule has 27 heavy (non-hydrogen) atoms. The Bertz CT molecular complexity index is 712. The van der Waals surface area contributed by atoms with Gasteiger partial charge in [0, 0.05) is 31.5 Å². The highest BCUT2D eigenvalue weighted by Gasteiger charge is 2.39. The Hall–Kier alpha value is -2.19. The first-order valence-electron chi connectivity index (χ1n) is 9.55. The zero-order chi connectivity index (χ0) is 18.8. The molecule has 0 spiro atoms. The molecule has 2 aliphatic heterocycles. The normalized spacial score (nSPS) is 27.8. The molecule has 4 rings (SSSR count). The number of hydrazine groups is 1. The summed E-state index contributed by atoms with van der Waals surface area (Å²) in [6.07, 6.45) is 3.29. The van der Waals surface area contributed by atoms with Crippen LogP contribution >= 0.6 is 0 Å². The smallest absolute Gasteiger partial charge is 0.238 e. The number of likely N-dealkylation sites (tertiary alicyclic amines) is 1. The number of nitrogens with zero attached hydrogens (tertiary/aromatic N) is 1. The van der Waals surface area contributed by atoms with Crippen LogP contribution in [0, 0.1) is 11.7 Å². The second-order valence-electron chi connectivity index (χ2n) is 7.61. The van der Waals surface area contributed by atoms with Crippen LogP contribution in [-0.2, 0) is 9.59 Å². The van der Waals surface area contributed by atoms with E-state index in [0.717, 1.165) is 19.4 Å². The topological polar surface area (TPSA) is 82.7 Å². The second-order valence-corrected chi connectivity index (χ2v) is 7.61. The molecule has 1 saturated carbocycles. The zero-order valence-electron chi connectivity index (χ0n) is 15.1. The minimum Gasteiger partial charge on any atom is -0.489 e. The lowest BCUT2D eigenvalue weighted by molar-refractivity contribution is -0.128. The van der Waals surface area contributed by atoms with Crippen LogP contribution in [-0.4, -0.2) is 54.5 Å². The van der Waals surface area contributed by atoms with Gasteiger partial charge in [0.15, 0.2) is 11.6 Å². The molecule has 0 radical (unpaired) electrons. The molecule has 7 nitrogen and oxygen atoms in total. The van der Waals surface area contributed by atoms with Crippen molar-refractivity contribution in [3.63, 3.8) is 0 Å². The van der Waals surface area contributed by atoms with Crippen molar-refractivity contribution in [3.05, 3.63) is 30.1 Å². The lowest BCUT2D eigenvalue weighted by Gasteiger charge is -2.16. The van der Waals surface area contributed by atoms with Crippen molar-refractivity contribution in [2.45, 2.75) is 43.8 Å². The molecule has 146 valence electrons. The van der Waals surface area contributed by atoms with Crippen LogP contribution in [0.25, 0.3) is 0 Å². The standard InChI is InChI=1S/C19H25FN4O3/c20-15-3-1-2-4-17(15)27-11-13-8-16(23-22-13)19(26)21-9-12-7-18(25)24(10-12)14-5-6-14/h1-4,12-14,16,22-23H,5-11H2,(H,21,26). The van der Waals surface area contributed by atoms with E-state index in [0.29, 0.717) is 25.4 Å². The van der Waals surface area contributed by atoms with E-state index in [4.69, 9.17) is 4.74 Å². The predicted octanol–water partition coefficient (Wildman–Crippen LogP) is 0.567. The lowest BCUT2D eigenvalue weighted by Crippen LogP contribution is -2.45. The van der Waals surface area contributed by atoms with Crippen molar-refractivity contribution < 1.29 is 18.7 Å². The quantitative estimate of drug-likeness (QED) is 0.648. The number of nitrogens with one attached hydrogen (secondary N) is 3. The SMILES string of the molecule is O=C(NCC1CC(=O)N(C2CC2)C1)C1CC(COc2ccccc2F)NN1. The third-order valence-corrected chi connectivity index (χ3v) is 5.37. The molecule has 1 aromatic carbocycles. The van der Waals surface area contributed by atoms with Crippen molar-refractivity contribution in [2.75, 3.05) is 19.7 Å². The van der Waals surface area contributed by atoms with E-state index in [1.54, 1.807) is 18.2 Å². The van der Waals surface area contributed by atoms with Crippen molar-refractivity contribution in [1.29, 1.82) is 0 Å². The molecule has 3 atom stereocenters. The fraction of sp³-hybridized carbons (Fsp3) is 0.579. The predicted molar refractivity (Wildman–Crippen MR) is 96.2 cm³/mol. The van der Waals surface area contributed by atoms with E-state index in [-0.39, 0.29) is 42.2 Å². The number of amides is 2. The molecule has 1 aliphatic carbocycles. The highest BCUT2D eigenvalue weighted by Crippen LogP contribution is 2.32. The van der Waals surface area contributed by atoms with Gasteiger partial charge in [0.1, 0.15) is 12.6 Å². The van der Waals surface area contributed by atoms with Gasteiger partial charge in [-0.05, 0) is 31.4 Å². The average Bonchev–Trinajstić information content (AvgIpc) is 3.27. The molecular weight excluding hydrogens is 351 g/mol. The average molecular weight is 376 g/mol. The summed E-state index contributed by atoms with van der Waals surface area (Å²) >= 11 is 0. The maximum Gasteiger partial charge on any atom is 0.238 e. The van der Waals surface area contributed by atoms with E-state index < -0.39 is 5.82 Å². The molecular formula is C19H25FN4O3. The number of carbonyl (C=O) groups excluding carboxylic acids is 2. The van der Waals surface area contributed by atoms with Gasteiger partial charge in [0.05, 0.1) is 6.04 Å². The van der Waals surface area contributed by atoms with E-state index >= 15 is 0 Å². The van der Waals surface area contributed by atoms with E-state index in [1.165, 1.54) is 6.07 Å². The molecule has 0 aromatic heterocycles. The number of ether oxygens (including phenoxy) is 1. The van der Waals surface area contributed by atoms with Gasteiger partial charge in [-0.15, -0.1) is 0 Å². The van der Waals surface area contributed by atoms with Crippen molar-refractivity contribution in [3.8, 4) is 5.75 Å². The maximum absolute atomic E-state index is 13.6. The fourth-order valence-corrected chi connectivity index (χ4v) is 3.71. The molecule has 3 unspecified atom stereocenters. The summed E-state index contributed by atoms with van der Waals surface area (Å²) in [5, 5.41) is 2.95. The summed E-state index contributed by atoms with van der Waals surface area (Å²) in [5.41, 5.74) is 5.99. The van der Waals surface area contributed by atoms with E-state index in [2.05, 4.69) is 16.2 Å². The summed E-state index contributed by atoms with van der Waals surface area (Å²) < 4.78 is 19.1. The van der Waals surface area contributed by atoms with Crippen LogP contribution in [0.4, 0.5) is 4.39 Å². The van der Waals surface area contributed by atoms with Crippen LogP contribution in [0.5, 0.6) is 5.75 Å². The second kappa shape index (κ2) is 7.82. The van der Waals surface area contributed by atoms with Gasteiger partial charge in [0.2, 0.25) is 11.8 Å². The summed E-state index contributed by atoms with van der Waals surface area (Å²) in [7, 11) is 0. The molecule has 2 saturated heterocycles. The van der Waals surface area contributed by atoms with Gasteiger partial charge in [-0.1, -0.05) is 12.1 Å². The van der Waals surface area contributed by atoms with Crippen LogP contribution in [0.3, 0.4) is 0 Å². The highest BCUT2D eigenvalue weighted by atomic mass is 19.1. The third kappa shape index (κ3) is 4.39. The number of carbonyl (C=O) groups is 2. The summed E-state index contributed by atoms with van der Waals surface area (Å²) in [6.45, 7) is 1.53. The largest absolute Gasteiger partial charge is 0.489 e. The Kier molecular flexibility index (Phi) is 5.27. The molecule has 3 N–H and O–H groups in total. The monoisotopic (exact) mass is 376 g/mol. The molecule has 3 fully saturated rings. The van der Waals surface area contributed by atoms with Gasteiger partial charge in [-0.25, -0.2) is 9.82 Å². The number of benzene rings is 1. The fourth-order valence-electron chi connectivity index (χ4n) is 3.71. The highest BCUT2D eigenvalue weighted by molar-refractivity contribution is 5.82. The first-order chi connectivity index (χ1) is 13.1. The lowest BCUT2D eigenvalue weighted by atomic mass is 10.1. The van der Waals surface area contributed by atoms with Gasteiger partial charge in [-0.2, -0.15) is 0 Å². The molecule has 3 aliphatic rings. The Morgan fingerprint density at radius 3 is 2.89 bits per heavy atom. The number of halogens is 1. The minimum atomic E-state index is -0.399. The Morgan fingerprint density at radius 2 is 2.11 bits per heavy atom. The molecule has 8 heteroatoms. The summed E-state index contributed by atoms with van der Waals surface area (Å²) in [4.78, 5) is 26.3. The Labute approximate surface area is 157 Å². The van der Waals surface area contributed by atoms with Gasteiger partial charge < -0.3 is 15.0 Å². The zero-order valence-corrected chi connectivity index (χ0v) is 15.1. The van der Waals surface area contributed by atoms with E-state index in [9.17, 15) is 14.0 Å².